The van der Waals surface area contributed by atoms with Crippen LogP contribution < -0.4 is 15.3 Å². The first-order valence-electron chi connectivity index (χ1n) is 11.7. The number of esters is 1. The van der Waals surface area contributed by atoms with Crippen LogP contribution in [-0.4, -0.2) is 44.2 Å². The van der Waals surface area contributed by atoms with Gasteiger partial charge in [-0.15, -0.1) is 0 Å². The van der Waals surface area contributed by atoms with Crippen molar-refractivity contribution in [2.45, 2.75) is 58.7 Å². The van der Waals surface area contributed by atoms with Crippen molar-refractivity contribution in [3.8, 4) is 5.75 Å². The molecule has 3 N–H and O–H groups in total. The second kappa shape index (κ2) is 12.1. The molecule has 0 aliphatic carbocycles. The average molecular weight is 517 g/mol. The number of anilines is 1. The zero-order chi connectivity index (χ0) is 26.3. The van der Waals surface area contributed by atoms with Gasteiger partial charge >= 0.3 is 13.7 Å². The summed E-state index contributed by atoms with van der Waals surface area (Å²) in [6, 6.07) is 7.54. The molecule has 194 valence electrons. The van der Waals surface area contributed by atoms with E-state index in [1.807, 2.05) is 17.6 Å². The van der Waals surface area contributed by atoms with Crippen LogP contribution >= 0.6 is 7.75 Å². The Bertz CT molecular complexity index is 1230. The fraction of sp³-hybridized carbons (Fsp3) is 0.417. The zero-order valence-corrected chi connectivity index (χ0v) is 21.9. The number of rotatable bonds is 13. The van der Waals surface area contributed by atoms with Crippen LogP contribution in [-0.2, 0) is 18.6 Å². The number of carbonyl (C=O) groups excluding carboxylic acids is 1. The molecule has 0 saturated heterocycles. The first-order chi connectivity index (χ1) is 17.1. The Morgan fingerprint density at radius 2 is 1.92 bits per heavy atom. The van der Waals surface area contributed by atoms with Crippen LogP contribution in [0, 0.1) is 0 Å². The molecule has 2 heterocycles. The van der Waals surface area contributed by atoms with E-state index in [0.717, 1.165) is 5.57 Å². The van der Waals surface area contributed by atoms with Crippen LogP contribution in [0.5, 0.6) is 5.75 Å². The van der Waals surface area contributed by atoms with Gasteiger partial charge in [0.25, 0.3) is 0 Å². The minimum absolute atomic E-state index is 0.0299. The lowest BCUT2D eigenvalue weighted by Crippen LogP contribution is -2.36. The number of nitrogen functional groups attached to an aromatic ring is 1. The normalized spacial score (nSPS) is 14.8. The van der Waals surface area contributed by atoms with Crippen LogP contribution in [0.1, 0.15) is 46.6 Å². The molecule has 36 heavy (non-hydrogen) atoms. The highest BCUT2D eigenvalue weighted by Gasteiger charge is 2.32. The van der Waals surface area contributed by atoms with Crippen molar-refractivity contribution in [3.63, 3.8) is 0 Å². The predicted molar refractivity (Wildman–Crippen MR) is 137 cm³/mol. The van der Waals surface area contributed by atoms with E-state index in [-0.39, 0.29) is 18.8 Å². The fourth-order valence-corrected chi connectivity index (χ4v) is 5.07. The lowest BCUT2D eigenvalue weighted by molar-refractivity contribution is -0.149. The summed E-state index contributed by atoms with van der Waals surface area (Å²) in [4.78, 5) is 24.9. The van der Waals surface area contributed by atoms with Crippen molar-refractivity contribution in [1.82, 2.24) is 24.6 Å². The summed E-state index contributed by atoms with van der Waals surface area (Å²) in [5.41, 5.74) is 7.85. The van der Waals surface area contributed by atoms with E-state index in [1.54, 1.807) is 51.4 Å². The first kappa shape index (κ1) is 27.3. The Kier molecular flexibility index (Phi) is 9.19. The number of hydrogen-bond acceptors (Lipinski definition) is 9. The van der Waals surface area contributed by atoms with E-state index in [9.17, 15) is 9.36 Å². The lowest BCUT2D eigenvalue weighted by atomic mass is 10.0. The summed E-state index contributed by atoms with van der Waals surface area (Å²) in [5, 5.41) is 2.68. The fourth-order valence-electron chi connectivity index (χ4n) is 3.58. The summed E-state index contributed by atoms with van der Waals surface area (Å²) in [6.45, 7) is 11.3. The van der Waals surface area contributed by atoms with Gasteiger partial charge in [0.1, 0.15) is 23.6 Å². The van der Waals surface area contributed by atoms with Gasteiger partial charge in [0.15, 0.2) is 11.5 Å². The Balaban J connectivity index is 1.71. The summed E-state index contributed by atoms with van der Waals surface area (Å²) >= 11 is 0. The van der Waals surface area contributed by atoms with Crippen LogP contribution in [0.15, 0.2) is 55.1 Å². The smallest absolute Gasteiger partial charge is 0.459 e. The number of hydrogen-bond donors (Lipinski definition) is 2. The monoisotopic (exact) mass is 516 g/mol. The van der Waals surface area contributed by atoms with Gasteiger partial charge in [-0.2, -0.15) is 5.09 Å². The van der Waals surface area contributed by atoms with Gasteiger partial charge in [-0.1, -0.05) is 37.3 Å². The maximum atomic E-state index is 13.6. The third kappa shape index (κ3) is 6.90. The molecular weight excluding hydrogens is 483 g/mol. The third-order valence-corrected chi connectivity index (χ3v) is 6.97. The summed E-state index contributed by atoms with van der Waals surface area (Å²) in [6.07, 6.45) is 3.81. The van der Waals surface area contributed by atoms with Gasteiger partial charge in [0.2, 0.25) is 0 Å². The molecule has 3 aromatic rings. The summed E-state index contributed by atoms with van der Waals surface area (Å²) < 4.78 is 32.1. The number of nitrogens with two attached hydrogens (primary N) is 1. The number of nitrogens with zero attached hydrogens (tertiary/aromatic N) is 4. The van der Waals surface area contributed by atoms with Crippen molar-refractivity contribution in [1.29, 1.82) is 0 Å². The molecule has 0 aliphatic heterocycles. The molecule has 2 aromatic heterocycles. The van der Waals surface area contributed by atoms with Crippen molar-refractivity contribution in [2.75, 3.05) is 12.3 Å². The molecule has 2 unspecified atom stereocenters. The molecule has 0 aliphatic rings. The van der Waals surface area contributed by atoms with Crippen molar-refractivity contribution < 1.29 is 23.1 Å². The Labute approximate surface area is 210 Å². The summed E-state index contributed by atoms with van der Waals surface area (Å²) in [7, 11) is -3.94. The highest BCUT2D eigenvalue weighted by Crippen LogP contribution is 2.45. The van der Waals surface area contributed by atoms with Crippen molar-refractivity contribution >= 4 is 30.7 Å². The van der Waals surface area contributed by atoms with Gasteiger partial charge in [-0.3, -0.25) is 9.32 Å². The van der Waals surface area contributed by atoms with Gasteiger partial charge < -0.3 is 19.6 Å². The number of nitrogens with one attached hydrogen (secondary N) is 1. The topological polar surface area (TPSA) is 143 Å². The van der Waals surface area contributed by atoms with Crippen molar-refractivity contribution in [3.05, 3.63) is 55.1 Å². The molecule has 0 amide bonds. The van der Waals surface area contributed by atoms with Crippen LogP contribution in [0.3, 0.4) is 0 Å². The van der Waals surface area contributed by atoms with Gasteiger partial charge in [0, 0.05) is 0 Å². The highest BCUT2D eigenvalue weighted by molar-refractivity contribution is 7.52. The van der Waals surface area contributed by atoms with Crippen LogP contribution in [0.25, 0.3) is 11.2 Å². The summed E-state index contributed by atoms with van der Waals surface area (Å²) in [5.74, 6) is 0.0807. The van der Waals surface area contributed by atoms with Gasteiger partial charge in [-0.25, -0.2) is 19.5 Å². The number of fused-ring (bicyclic) bond motifs is 1. The Morgan fingerprint density at radius 3 is 2.58 bits per heavy atom. The van der Waals surface area contributed by atoms with Crippen LogP contribution in [0.4, 0.5) is 5.82 Å². The van der Waals surface area contributed by atoms with E-state index >= 15 is 0 Å². The molecule has 3 rings (SSSR count). The van der Waals surface area contributed by atoms with E-state index in [4.69, 9.17) is 19.5 Å². The number of ether oxygens (including phenoxy) is 1. The number of carbonyl (C=O) groups is 1. The highest BCUT2D eigenvalue weighted by atomic mass is 31.2. The van der Waals surface area contributed by atoms with E-state index in [1.165, 1.54) is 6.33 Å². The largest absolute Gasteiger partial charge is 0.462 e. The predicted octanol–water partition coefficient (Wildman–Crippen LogP) is 4.44. The second-order valence-corrected chi connectivity index (χ2v) is 10.2. The molecule has 0 fully saturated rings. The SMILES string of the molecule is C=C(CCOP(=O)(N[C@@H](C)C(=O)OC(C)C)Oc1ccccc1)C(CC)n1cnc2c(N)ncnc21. The minimum atomic E-state index is -3.94. The molecule has 11 nitrogen and oxygen atoms in total. The molecule has 12 heteroatoms. The number of benzene rings is 1. The molecule has 0 radical (unpaired) electrons. The van der Waals surface area contributed by atoms with Crippen molar-refractivity contribution in [2.24, 2.45) is 0 Å². The quantitative estimate of drug-likeness (QED) is 0.190. The Morgan fingerprint density at radius 1 is 1.19 bits per heavy atom. The van der Waals surface area contributed by atoms with E-state index in [2.05, 4.69) is 26.6 Å². The third-order valence-electron chi connectivity index (χ3n) is 5.29. The second-order valence-electron chi connectivity index (χ2n) is 8.49. The first-order valence-corrected chi connectivity index (χ1v) is 13.3. The molecule has 0 saturated carbocycles. The lowest BCUT2D eigenvalue weighted by Gasteiger charge is -2.24. The minimum Gasteiger partial charge on any atom is -0.462 e. The number of para-hydroxylation sites is 1. The standard InChI is InChI=1S/C24H33N6O5P/c1-6-20(30-15-28-21-22(25)26-14-27-23(21)30)17(4)12-13-33-36(32,35-19-10-8-7-9-11-19)29-18(5)24(31)34-16(2)3/h7-11,14-16,18,20H,4,6,12-13H2,1-3,5H3,(H,29,32)(H2,25,26,27)/t18-,20?,36?/m0/s1. The average Bonchev–Trinajstić information content (AvgIpc) is 3.25. The van der Waals surface area contributed by atoms with E-state index in [0.29, 0.717) is 35.6 Å². The number of imidazole rings is 1. The molecule has 1 aromatic carbocycles. The van der Waals surface area contributed by atoms with Gasteiger partial charge in [0.05, 0.1) is 25.1 Å². The van der Waals surface area contributed by atoms with E-state index < -0.39 is 19.8 Å². The van der Waals surface area contributed by atoms with Crippen LogP contribution in [0.2, 0.25) is 0 Å². The zero-order valence-electron chi connectivity index (χ0n) is 21.0. The van der Waals surface area contributed by atoms with Gasteiger partial charge in [-0.05, 0) is 45.7 Å². The maximum Gasteiger partial charge on any atom is 0.459 e. The molecule has 0 bridgehead atoms. The molecule has 0 spiro atoms. The molecule has 3 atom stereocenters. The number of aromatic nitrogens is 4. The molecular formula is C24H33N6O5P. The Hall–Kier alpha value is -3.27. The maximum absolute atomic E-state index is 13.6.